The maximum Gasteiger partial charge on any atom is 0.270 e. The number of non-ortho nitro benzene ring substituents is 1. The number of nitro benzene ring substituents is 1. The summed E-state index contributed by atoms with van der Waals surface area (Å²) in [6, 6.07) is 11.5. The van der Waals surface area contributed by atoms with Gasteiger partial charge in [-0.1, -0.05) is 26.0 Å². The lowest BCUT2D eigenvalue weighted by Gasteiger charge is -2.33. The zero-order valence-electron chi connectivity index (χ0n) is 17.8. The number of nitrogen functional groups attached to an aromatic ring is 1. The van der Waals surface area contributed by atoms with E-state index in [4.69, 9.17) is 5.73 Å². The highest BCUT2D eigenvalue weighted by Gasteiger charge is 2.26. The minimum Gasteiger partial charge on any atom is -0.390 e. The molecule has 3 aromatic rings. The fraction of sp³-hybridized carbons (Fsp3) is 0.375. The Labute approximate surface area is 185 Å². The molecule has 0 bridgehead atoms. The molecule has 0 saturated carbocycles. The summed E-state index contributed by atoms with van der Waals surface area (Å²) in [7, 11) is 0. The van der Waals surface area contributed by atoms with E-state index in [1.165, 1.54) is 12.1 Å². The minimum absolute atomic E-state index is 0.0828. The Hall–Kier alpha value is -2.77. The van der Waals surface area contributed by atoms with Gasteiger partial charge in [-0.3, -0.25) is 14.9 Å². The molecule has 0 aliphatic carbocycles. The second-order valence-electron chi connectivity index (χ2n) is 8.70. The molecular weight excluding hydrogens is 410 g/mol. The first-order valence-electron chi connectivity index (χ1n) is 10.7. The predicted molar refractivity (Wildman–Crippen MR) is 126 cm³/mol. The Balaban J connectivity index is 1.63. The summed E-state index contributed by atoms with van der Waals surface area (Å²) < 4.78 is 1.08. The number of hydrogen-bond acceptors (Lipinski definition) is 6. The highest BCUT2D eigenvalue weighted by molar-refractivity contribution is 7.22. The molecule has 0 atom stereocenters. The number of likely N-dealkylation sites (tertiary alicyclic amines) is 1. The first-order valence-corrected chi connectivity index (χ1v) is 11.5. The van der Waals surface area contributed by atoms with E-state index in [0.717, 1.165) is 53.1 Å². The molecule has 7 heteroatoms. The monoisotopic (exact) mass is 437 g/mol. The van der Waals surface area contributed by atoms with Gasteiger partial charge >= 0.3 is 0 Å². The third-order valence-electron chi connectivity index (χ3n) is 5.96. The Kier molecular flexibility index (Phi) is 6.07. The minimum atomic E-state index is -0.483. The number of ketones is 1. The fourth-order valence-electron chi connectivity index (χ4n) is 4.55. The van der Waals surface area contributed by atoms with Crippen molar-refractivity contribution in [1.29, 1.82) is 0 Å². The number of thiophene rings is 1. The van der Waals surface area contributed by atoms with Gasteiger partial charge in [-0.15, -0.1) is 11.3 Å². The number of rotatable bonds is 6. The van der Waals surface area contributed by atoms with E-state index < -0.39 is 4.92 Å². The van der Waals surface area contributed by atoms with Crippen molar-refractivity contribution in [2.24, 2.45) is 5.92 Å². The van der Waals surface area contributed by atoms with Crippen molar-refractivity contribution in [2.75, 3.05) is 25.4 Å². The normalized spacial score (nSPS) is 15.6. The van der Waals surface area contributed by atoms with E-state index in [0.29, 0.717) is 23.0 Å². The van der Waals surface area contributed by atoms with Crippen LogP contribution < -0.4 is 5.73 Å². The van der Waals surface area contributed by atoms with Gasteiger partial charge in [-0.2, -0.15) is 0 Å². The molecule has 1 aliphatic heterocycles. The maximum atomic E-state index is 13.0. The Bertz CT molecular complexity index is 1130. The molecule has 0 radical (unpaired) electrons. The van der Waals surface area contributed by atoms with Gasteiger partial charge in [0.15, 0.2) is 5.78 Å². The molecule has 2 N–H and O–H groups in total. The zero-order chi connectivity index (χ0) is 22.1. The first-order chi connectivity index (χ1) is 14.8. The molecule has 1 saturated heterocycles. The molecule has 0 amide bonds. The van der Waals surface area contributed by atoms with Crippen LogP contribution in [0.15, 0.2) is 42.5 Å². The fourth-order valence-corrected chi connectivity index (χ4v) is 5.58. The number of carbonyl (C=O) groups is 1. The van der Waals surface area contributed by atoms with Crippen molar-refractivity contribution in [1.82, 2.24) is 4.90 Å². The number of anilines is 1. The number of nitrogens with zero attached hydrogens (tertiary/aromatic N) is 2. The van der Waals surface area contributed by atoms with E-state index in [2.05, 4.69) is 18.7 Å². The van der Waals surface area contributed by atoms with Crippen molar-refractivity contribution in [3.8, 4) is 0 Å². The number of hydrogen-bond donors (Lipinski definition) is 1. The Morgan fingerprint density at radius 2 is 1.90 bits per heavy atom. The van der Waals surface area contributed by atoms with Gasteiger partial charge in [0.2, 0.25) is 0 Å². The summed E-state index contributed by atoms with van der Waals surface area (Å²) in [4.78, 5) is 26.2. The van der Waals surface area contributed by atoms with Crippen LogP contribution in [0.1, 0.15) is 54.1 Å². The average Bonchev–Trinajstić information content (AvgIpc) is 3.08. The number of nitrogens with two attached hydrogens (primary N) is 1. The van der Waals surface area contributed by atoms with Crippen LogP contribution in [0, 0.1) is 16.0 Å². The number of nitro groups is 1. The summed E-state index contributed by atoms with van der Waals surface area (Å²) in [6.07, 6.45) is 2.12. The summed E-state index contributed by atoms with van der Waals surface area (Å²) in [5.41, 5.74) is 8.37. The van der Waals surface area contributed by atoms with Gasteiger partial charge in [-0.25, -0.2) is 0 Å². The standard InChI is InChI=1S/C24H27N3O3S/c1-15(2)14-26-10-8-16(9-11-26)22-20-13-18(6-7-21(20)31-24(22)25)23(28)17-4-3-5-19(12-17)27(29)30/h3-7,12-13,15-16H,8-11,14,25H2,1-2H3. The van der Waals surface area contributed by atoms with E-state index in [1.54, 1.807) is 29.5 Å². The molecule has 2 heterocycles. The van der Waals surface area contributed by atoms with Gasteiger partial charge in [0.05, 0.1) is 9.92 Å². The highest BCUT2D eigenvalue weighted by Crippen LogP contribution is 2.42. The molecule has 1 aromatic heterocycles. The van der Waals surface area contributed by atoms with Crippen LogP contribution in [0.5, 0.6) is 0 Å². The molecule has 31 heavy (non-hydrogen) atoms. The second-order valence-corrected chi connectivity index (χ2v) is 9.78. The van der Waals surface area contributed by atoms with Gasteiger partial charge in [0.1, 0.15) is 0 Å². The first kappa shape index (κ1) is 21.5. The van der Waals surface area contributed by atoms with Crippen LogP contribution in [0.4, 0.5) is 10.7 Å². The molecular formula is C24H27N3O3S. The predicted octanol–water partition coefficient (Wildman–Crippen LogP) is 5.46. The molecule has 6 nitrogen and oxygen atoms in total. The third-order valence-corrected chi connectivity index (χ3v) is 6.97. The van der Waals surface area contributed by atoms with Crippen LogP contribution in [0.3, 0.4) is 0 Å². The van der Waals surface area contributed by atoms with Gasteiger partial charge < -0.3 is 10.6 Å². The quantitative estimate of drug-likeness (QED) is 0.314. The summed E-state index contributed by atoms with van der Waals surface area (Å²) in [5, 5.41) is 12.9. The Morgan fingerprint density at radius 1 is 1.19 bits per heavy atom. The Morgan fingerprint density at radius 3 is 2.58 bits per heavy atom. The average molecular weight is 438 g/mol. The second kappa shape index (κ2) is 8.77. The van der Waals surface area contributed by atoms with Crippen molar-refractivity contribution in [2.45, 2.75) is 32.6 Å². The molecule has 1 aliphatic rings. The van der Waals surface area contributed by atoms with Gasteiger partial charge in [-0.05, 0) is 66.9 Å². The van der Waals surface area contributed by atoms with Crippen LogP contribution in [0.2, 0.25) is 0 Å². The molecule has 0 unspecified atom stereocenters. The molecule has 1 fully saturated rings. The molecule has 2 aromatic carbocycles. The number of fused-ring (bicyclic) bond motifs is 1. The van der Waals surface area contributed by atoms with Crippen molar-refractivity contribution >= 4 is 37.9 Å². The number of benzene rings is 2. The zero-order valence-corrected chi connectivity index (χ0v) is 18.7. The summed E-state index contributed by atoms with van der Waals surface area (Å²) in [6.45, 7) is 7.74. The molecule has 0 spiro atoms. The lowest BCUT2D eigenvalue weighted by Crippen LogP contribution is -2.35. The van der Waals surface area contributed by atoms with E-state index in [1.807, 2.05) is 12.1 Å². The lowest BCUT2D eigenvalue weighted by molar-refractivity contribution is -0.384. The largest absolute Gasteiger partial charge is 0.390 e. The van der Waals surface area contributed by atoms with E-state index in [-0.39, 0.29) is 11.5 Å². The lowest BCUT2D eigenvalue weighted by atomic mass is 9.87. The molecule has 4 rings (SSSR count). The van der Waals surface area contributed by atoms with Crippen molar-refractivity contribution in [3.05, 3.63) is 69.3 Å². The topological polar surface area (TPSA) is 89.5 Å². The van der Waals surface area contributed by atoms with Gasteiger partial charge in [0.25, 0.3) is 5.69 Å². The smallest absolute Gasteiger partial charge is 0.270 e. The van der Waals surface area contributed by atoms with Crippen molar-refractivity contribution < 1.29 is 9.72 Å². The van der Waals surface area contributed by atoms with Crippen LogP contribution >= 0.6 is 11.3 Å². The molecule has 162 valence electrons. The van der Waals surface area contributed by atoms with Crippen LogP contribution in [-0.4, -0.2) is 35.2 Å². The number of carbonyl (C=O) groups excluding carboxylic acids is 1. The number of piperidine rings is 1. The third kappa shape index (κ3) is 4.48. The van der Waals surface area contributed by atoms with Gasteiger partial charge in [0, 0.05) is 34.5 Å². The highest BCUT2D eigenvalue weighted by atomic mass is 32.1. The SMILES string of the molecule is CC(C)CN1CCC(c2c(N)sc3ccc(C(=O)c4cccc([N+](=O)[O-])c4)cc23)CC1. The maximum absolute atomic E-state index is 13.0. The summed E-state index contributed by atoms with van der Waals surface area (Å²) >= 11 is 1.57. The van der Waals surface area contributed by atoms with Crippen LogP contribution in [-0.2, 0) is 0 Å². The van der Waals surface area contributed by atoms with E-state index >= 15 is 0 Å². The summed E-state index contributed by atoms with van der Waals surface area (Å²) in [5.74, 6) is 0.833. The van der Waals surface area contributed by atoms with Crippen molar-refractivity contribution in [3.63, 3.8) is 0 Å². The van der Waals surface area contributed by atoms with E-state index in [9.17, 15) is 14.9 Å². The van der Waals surface area contributed by atoms with Crippen LogP contribution in [0.25, 0.3) is 10.1 Å².